The third-order valence-electron chi connectivity index (χ3n) is 2.25. The third kappa shape index (κ3) is 3.20. The summed E-state index contributed by atoms with van der Waals surface area (Å²) in [5, 5.41) is 2.56. The molecule has 0 aliphatic heterocycles. The summed E-state index contributed by atoms with van der Waals surface area (Å²) in [5.41, 5.74) is 0. The highest BCUT2D eigenvalue weighted by Gasteiger charge is 2.30. The smallest absolute Gasteiger partial charge is 0.328 e. The number of carbonyl (C=O) groups is 2. The fourth-order valence-electron chi connectivity index (χ4n) is 1.27. The predicted molar refractivity (Wildman–Crippen MR) is 51.5 cm³/mol. The molecule has 0 heterocycles. The van der Waals surface area contributed by atoms with Gasteiger partial charge in [0, 0.05) is 0 Å². The van der Waals surface area contributed by atoms with Crippen molar-refractivity contribution in [2.24, 2.45) is 5.92 Å². The predicted octanol–water partition coefficient (Wildman–Crippen LogP) is 0.630. The second-order valence-electron chi connectivity index (χ2n) is 3.47. The van der Waals surface area contributed by atoms with E-state index in [-0.39, 0.29) is 11.9 Å². The molecule has 14 heavy (non-hydrogen) atoms. The van der Waals surface area contributed by atoms with Gasteiger partial charge in [-0.1, -0.05) is 19.4 Å². The van der Waals surface area contributed by atoms with Gasteiger partial charge in [-0.05, 0) is 18.4 Å². The molecule has 1 rings (SSSR count). The Labute approximate surface area is 83.3 Å². The summed E-state index contributed by atoms with van der Waals surface area (Å²) in [5.74, 6) is -0.155. The second-order valence-corrected chi connectivity index (χ2v) is 3.47. The Hall–Kier alpha value is -1.32. The largest absolute Gasteiger partial charge is 0.467 e. The minimum atomic E-state index is -0.516. The summed E-state index contributed by atoms with van der Waals surface area (Å²) in [6.07, 6.45) is 4.10. The molecular formula is C10H15NO3. The Balaban J connectivity index is 2.45. The lowest BCUT2D eigenvalue weighted by atomic mass is 10.1. The monoisotopic (exact) mass is 197 g/mol. The van der Waals surface area contributed by atoms with E-state index in [1.807, 2.05) is 0 Å². The van der Waals surface area contributed by atoms with Crippen molar-refractivity contribution in [3.05, 3.63) is 12.7 Å². The number of esters is 1. The van der Waals surface area contributed by atoms with Crippen LogP contribution in [0.5, 0.6) is 0 Å². The van der Waals surface area contributed by atoms with Crippen molar-refractivity contribution < 1.29 is 14.3 Å². The van der Waals surface area contributed by atoms with Gasteiger partial charge in [0.2, 0.25) is 5.91 Å². The first kappa shape index (κ1) is 10.8. The molecule has 0 bridgehead atoms. The molecule has 0 saturated heterocycles. The van der Waals surface area contributed by atoms with Crippen molar-refractivity contribution in [1.82, 2.24) is 5.32 Å². The number of hydrogen-bond acceptors (Lipinski definition) is 3. The molecule has 4 heteroatoms. The molecule has 0 unspecified atom stereocenters. The minimum absolute atomic E-state index is 0.332. The van der Waals surface area contributed by atoms with E-state index in [4.69, 9.17) is 0 Å². The van der Waals surface area contributed by atoms with Crippen molar-refractivity contribution in [3.8, 4) is 0 Å². The lowest BCUT2D eigenvalue weighted by Gasteiger charge is -2.14. The Morgan fingerprint density at radius 2 is 2.29 bits per heavy atom. The highest BCUT2D eigenvalue weighted by molar-refractivity contribution is 5.91. The lowest BCUT2D eigenvalue weighted by molar-refractivity contribution is -0.144. The number of amides is 1. The van der Waals surface area contributed by atoms with Crippen molar-refractivity contribution in [2.75, 3.05) is 7.11 Å². The van der Waals surface area contributed by atoms with Crippen molar-refractivity contribution in [2.45, 2.75) is 25.3 Å². The molecule has 0 aromatic rings. The first-order valence-electron chi connectivity index (χ1n) is 4.68. The number of hydrogen-bond donors (Lipinski definition) is 1. The van der Waals surface area contributed by atoms with E-state index in [1.54, 1.807) is 0 Å². The van der Waals surface area contributed by atoms with Gasteiger partial charge in [-0.3, -0.25) is 4.79 Å². The number of carbonyl (C=O) groups excluding carboxylic acids is 2. The van der Waals surface area contributed by atoms with Crippen LogP contribution in [0.4, 0.5) is 0 Å². The Morgan fingerprint density at radius 3 is 2.71 bits per heavy atom. The van der Waals surface area contributed by atoms with Gasteiger partial charge >= 0.3 is 5.97 Å². The van der Waals surface area contributed by atoms with Crippen LogP contribution in [0.3, 0.4) is 0 Å². The molecule has 4 nitrogen and oxygen atoms in total. The molecule has 1 saturated carbocycles. The maximum absolute atomic E-state index is 11.3. The van der Waals surface area contributed by atoms with E-state index < -0.39 is 6.04 Å². The highest BCUT2D eigenvalue weighted by atomic mass is 16.5. The molecule has 1 aliphatic rings. The van der Waals surface area contributed by atoms with Crippen LogP contribution in [0.2, 0.25) is 0 Å². The van der Waals surface area contributed by atoms with E-state index in [0.29, 0.717) is 12.3 Å². The third-order valence-corrected chi connectivity index (χ3v) is 2.25. The maximum Gasteiger partial charge on any atom is 0.328 e. The van der Waals surface area contributed by atoms with Crippen molar-refractivity contribution in [3.63, 3.8) is 0 Å². The van der Waals surface area contributed by atoms with E-state index >= 15 is 0 Å². The van der Waals surface area contributed by atoms with Crippen molar-refractivity contribution in [1.29, 1.82) is 0 Å². The van der Waals surface area contributed by atoms with Crippen LogP contribution >= 0.6 is 0 Å². The standard InChI is InChI=1S/C10H15NO3/c1-3-9(12)11-8(10(13)14-2)6-7-4-5-7/h3,7-8H,1,4-6H2,2H3,(H,11,12)/t8-/m1/s1. The SMILES string of the molecule is C=CC(=O)N[C@H](CC1CC1)C(=O)OC. The number of methoxy groups -OCH3 is 1. The zero-order chi connectivity index (χ0) is 10.6. The molecule has 0 aromatic heterocycles. The molecular weight excluding hydrogens is 182 g/mol. The van der Waals surface area contributed by atoms with E-state index in [0.717, 1.165) is 18.9 Å². The van der Waals surface area contributed by atoms with Crippen molar-refractivity contribution >= 4 is 11.9 Å². The van der Waals surface area contributed by atoms with Gasteiger partial charge in [0.15, 0.2) is 0 Å². The molecule has 1 N–H and O–H groups in total. The zero-order valence-electron chi connectivity index (χ0n) is 8.29. The number of rotatable bonds is 5. The normalized spacial score (nSPS) is 16.9. The number of nitrogens with one attached hydrogen (secondary N) is 1. The van der Waals surface area contributed by atoms with E-state index in [1.165, 1.54) is 7.11 Å². The van der Waals surface area contributed by atoms with Crippen LogP contribution < -0.4 is 5.32 Å². The Morgan fingerprint density at radius 1 is 1.64 bits per heavy atom. The quantitative estimate of drug-likeness (QED) is 0.519. The summed E-state index contributed by atoms with van der Waals surface area (Å²) in [7, 11) is 1.32. The van der Waals surface area contributed by atoms with Crippen LogP contribution in [-0.4, -0.2) is 25.0 Å². The van der Waals surface area contributed by atoms with Crippen LogP contribution in [0.25, 0.3) is 0 Å². The van der Waals surface area contributed by atoms with E-state index in [2.05, 4.69) is 16.6 Å². The summed E-state index contributed by atoms with van der Waals surface area (Å²) in [6, 6.07) is -0.516. The zero-order valence-corrected chi connectivity index (χ0v) is 8.29. The van der Waals surface area contributed by atoms with Gasteiger partial charge in [-0.15, -0.1) is 0 Å². The van der Waals surface area contributed by atoms with Gasteiger partial charge in [0.05, 0.1) is 7.11 Å². The molecule has 1 atom stereocenters. The minimum Gasteiger partial charge on any atom is -0.467 e. The maximum atomic E-state index is 11.3. The summed E-state index contributed by atoms with van der Waals surface area (Å²) in [4.78, 5) is 22.3. The van der Waals surface area contributed by atoms with Crippen LogP contribution in [-0.2, 0) is 14.3 Å². The lowest BCUT2D eigenvalue weighted by Crippen LogP contribution is -2.41. The van der Waals surface area contributed by atoms with Crippen LogP contribution in [0.15, 0.2) is 12.7 Å². The molecule has 0 spiro atoms. The summed E-state index contributed by atoms with van der Waals surface area (Å²) in [6.45, 7) is 3.33. The molecule has 0 radical (unpaired) electrons. The van der Waals surface area contributed by atoms with Crippen LogP contribution in [0.1, 0.15) is 19.3 Å². The highest BCUT2D eigenvalue weighted by Crippen LogP contribution is 2.33. The molecule has 1 fully saturated rings. The van der Waals surface area contributed by atoms with Gasteiger partial charge in [-0.2, -0.15) is 0 Å². The van der Waals surface area contributed by atoms with Gasteiger partial charge in [0.25, 0.3) is 0 Å². The summed E-state index contributed by atoms with van der Waals surface area (Å²) >= 11 is 0. The summed E-state index contributed by atoms with van der Waals surface area (Å²) < 4.78 is 4.60. The van der Waals surface area contributed by atoms with E-state index in [9.17, 15) is 9.59 Å². The molecule has 0 aromatic carbocycles. The van der Waals surface area contributed by atoms with Gasteiger partial charge in [0.1, 0.15) is 6.04 Å². The Bertz CT molecular complexity index is 246. The Kier molecular flexibility index (Phi) is 3.68. The average Bonchev–Trinajstić information content (AvgIpc) is 2.99. The second kappa shape index (κ2) is 4.79. The molecule has 1 amide bonds. The molecule has 1 aliphatic carbocycles. The van der Waals surface area contributed by atoms with Gasteiger partial charge < -0.3 is 10.1 Å². The number of ether oxygens (including phenoxy) is 1. The molecule has 78 valence electrons. The van der Waals surface area contributed by atoms with Crippen LogP contribution in [0, 0.1) is 5.92 Å². The average molecular weight is 197 g/mol. The fourth-order valence-corrected chi connectivity index (χ4v) is 1.27. The van der Waals surface area contributed by atoms with Gasteiger partial charge in [-0.25, -0.2) is 4.79 Å². The fraction of sp³-hybridized carbons (Fsp3) is 0.600. The topological polar surface area (TPSA) is 55.4 Å². The first-order chi connectivity index (χ1) is 6.67. The first-order valence-corrected chi connectivity index (χ1v) is 4.68.